The van der Waals surface area contributed by atoms with Crippen molar-refractivity contribution in [2.75, 3.05) is 13.1 Å². The number of hydrogen-bond acceptors (Lipinski definition) is 7. The molecule has 50 heavy (non-hydrogen) atoms. The summed E-state index contributed by atoms with van der Waals surface area (Å²) < 4.78 is 19.3. The Morgan fingerprint density at radius 2 is 1.58 bits per heavy atom. The van der Waals surface area contributed by atoms with Crippen LogP contribution in [0, 0.1) is 5.92 Å². The summed E-state index contributed by atoms with van der Waals surface area (Å²) in [5.74, 6) is -0.311. The summed E-state index contributed by atoms with van der Waals surface area (Å²) in [6.07, 6.45) is 0.552. The van der Waals surface area contributed by atoms with Crippen LogP contribution in [0.2, 0.25) is 0 Å². The molecule has 0 radical (unpaired) electrons. The summed E-state index contributed by atoms with van der Waals surface area (Å²) in [7, 11) is 0. The van der Waals surface area contributed by atoms with E-state index in [1.807, 2.05) is 87.5 Å². The van der Waals surface area contributed by atoms with E-state index in [4.69, 9.17) is 14.2 Å². The Morgan fingerprint density at radius 3 is 2.30 bits per heavy atom. The fourth-order valence-corrected chi connectivity index (χ4v) is 6.84. The minimum absolute atomic E-state index is 0.0166. The molecule has 0 saturated carbocycles. The second kappa shape index (κ2) is 15.7. The quantitative estimate of drug-likeness (QED) is 0.169. The van der Waals surface area contributed by atoms with E-state index in [1.54, 1.807) is 12.1 Å². The van der Waals surface area contributed by atoms with Crippen LogP contribution in [-0.4, -0.2) is 52.7 Å². The Bertz CT molecular complexity index is 1750. The van der Waals surface area contributed by atoms with Gasteiger partial charge in [0.15, 0.2) is 6.29 Å². The molecule has 2 fully saturated rings. The number of nitrogens with zero attached hydrogens (tertiary/aromatic N) is 1. The summed E-state index contributed by atoms with van der Waals surface area (Å²) >= 11 is 0. The van der Waals surface area contributed by atoms with Crippen molar-refractivity contribution in [3.05, 3.63) is 131 Å². The number of benzene rings is 4. The molecule has 1 amide bonds. The van der Waals surface area contributed by atoms with Crippen LogP contribution in [0.3, 0.4) is 0 Å². The molecule has 2 N–H and O–H groups in total. The highest BCUT2D eigenvalue weighted by Gasteiger charge is 2.42. The van der Waals surface area contributed by atoms with E-state index in [9.17, 15) is 14.7 Å². The van der Waals surface area contributed by atoms with E-state index in [0.29, 0.717) is 18.7 Å². The van der Waals surface area contributed by atoms with E-state index in [-0.39, 0.29) is 42.7 Å². The second-order valence-corrected chi connectivity index (χ2v) is 14.4. The van der Waals surface area contributed by atoms with Gasteiger partial charge < -0.3 is 24.6 Å². The number of carbonyl (C=O) groups excluding carboxylic acids is 2. The first-order chi connectivity index (χ1) is 24.1. The Labute approximate surface area is 295 Å². The van der Waals surface area contributed by atoms with Crippen molar-refractivity contribution in [1.29, 1.82) is 0 Å². The van der Waals surface area contributed by atoms with Crippen molar-refractivity contribution >= 4 is 11.9 Å². The van der Waals surface area contributed by atoms with Gasteiger partial charge in [0, 0.05) is 30.1 Å². The van der Waals surface area contributed by atoms with Gasteiger partial charge in [-0.15, -0.1) is 0 Å². The van der Waals surface area contributed by atoms with Crippen molar-refractivity contribution in [3.8, 4) is 11.1 Å². The average molecular weight is 677 g/mol. The van der Waals surface area contributed by atoms with Gasteiger partial charge in [0.25, 0.3) is 5.91 Å². The zero-order chi connectivity index (χ0) is 35.3. The molecule has 2 heterocycles. The van der Waals surface area contributed by atoms with Gasteiger partial charge in [-0.3, -0.25) is 14.5 Å². The molecule has 2 aliphatic rings. The second-order valence-electron chi connectivity index (χ2n) is 14.4. The van der Waals surface area contributed by atoms with Gasteiger partial charge in [-0.1, -0.05) is 85.8 Å². The number of aliphatic hydroxyl groups is 1. The van der Waals surface area contributed by atoms with E-state index in [1.165, 1.54) is 0 Å². The van der Waals surface area contributed by atoms with Crippen LogP contribution in [0.5, 0.6) is 0 Å². The van der Waals surface area contributed by atoms with Gasteiger partial charge in [-0.2, -0.15) is 0 Å². The predicted molar refractivity (Wildman–Crippen MR) is 193 cm³/mol. The highest BCUT2D eigenvalue weighted by Crippen LogP contribution is 2.43. The van der Waals surface area contributed by atoms with E-state index >= 15 is 0 Å². The third-order valence-corrected chi connectivity index (χ3v) is 9.49. The molecule has 2 aliphatic heterocycles. The molecule has 8 nitrogen and oxygen atoms in total. The fraction of sp³-hybridized carbons (Fsp3) is 0.381. The van der Waals surface area contributed by atoms with Crippen LogP contribution in [0.1, 0.15) is 85.5 Å². The number of carbonyl (C=O) groups is 2. The van der Waals surface area contributed by atoms with Crippen molar-refractivity contribution in [2.45, 2.75) is 83.8 Å². The van der Waals surface area contributed by atoms with Crippen LogP contribution in [0.15, 0.2) is 103 Å². The number of esters is 1. The Balaban J connectivity index is 1.23. The van der Waals surface area contributed by atoms with Crippen molar-refractivity contribution < 1.29 is 28.9 Å². The first-order valence-corrected chi connectivity index (χ1v) is 17.6. The normalized spacial score (nSPS) is 22.6. The molecule has 0 bridgehead atoms. The lowest BCUT2D eigenvalue weighted by Crippen LogP contribution is -2.48. The molecule has 0 aliphatic carbocycles. The molecule has 0 spiro atoms. The van der Waals surface area contributed by atoms with Crippen LogP contribution in [0.4, 0.5) is 0 Å². The van der Waals surface area contributed by atoms with Crippen LogP contribution >= 0.6 is 0 Å². The smallest absolute Gasteiger partial charge is 0.323 e. The average Bonchev–Trinajstić information content (AvgIpc) is 3.60. The number of likely N-dealkylation sites (tertiary alicyclic amines) is 1. The molecule has 2 saturated heterocycles. The minimum atomic E-state index is -0.644. The molecule has 4 aromatic rings. The maximum absolute atomic E-state index is 13.2. The minimum Gasteiger partial charge on any atom is -0.459 e. The lowest BCUT2D eigenvalue weighted by atomic mass is 9.89. The summed E-state index contributed by atoms with van der Waals surface area (Å²) in [5.41, 5.74) is 5.85. The van der Waals surface area contributed by atoms with Gasteiger partial charge in [0.05, 0.1) is 18.8 Å². The predicted octanol–water partition coefficient (Wildman–Crippen LogP) is 7.37. The van der Waals surface area contributed by atoms with Crippen LogP contribution < -0.4 is 5.32 Å². The largest absolute Gasteiger partial charge is 0.459 e. The molecule has 262 valence electrons. The standard InChI is InChI=1S/C42H48N2O6/c1-28-37(26-44-22-10-17-36(44)40(47)50-42(2,3)4)48-41(49-38(28)31-20-18-29(27-45)19-21-31)35-16-9-15-34(24-35)33-14-8-11-30(23-33)25-43-39(46)32-12-6-5-7-13-32/h5-9,11-16,18-21,23-24,28,36-38,41,45H,10,17,22,25-27H2,1-4H3,(H,43,46). The molecule has 5 atom stereocenters. The molecule has 4 aromatic carbocycles. The molecular formula is C42H48N2O6. The zero-order valence-corrected chi connectivity index (χ0v) is 29.4. The summed E-state index contributed by atoms with van der Waals surface area (Å²) in [6.45, 7) is 9.61. The highest BCUT2D eigenvalue weighted by molar-refractivity contribution is 5.94. The third kappa shape index (κ3) is 8.68. The summed E-state index contributed by atoms with van der Waals surface area (Å²) in [6, 6.07) is 33.2. The maximum Gasteiger partial charge on any atom is 0.323 e. The lowest BCUT2D eigenvalue weighted by molar-refractivity contribution is -0.276. The number of aliphatic hydroxyl groups excluding tert-OH is 1. The van der Waals surface area contributed by atoms with Crippen molar-refractivity contribution in [3.63, 3.8) is 0 Å². The van der Waals surface area contributed by atoms with Crippen LogP contribution in [-0.2, 0) is 32.2 Å². The number of nitrogens with one attached hydrogen (secondary N) is 1. The van der Waals surface area contributed by atoms with Gasteiger partial charge in [-0.25, -0.2) is 0 Å². The number of amides is 1. The number of hydrogen-bond donors (Lipinski definition) is 2. The van der Waals surface area contributed by atoms with Gasteiger partial charge in [-0.05, 0) is 92.2 Å². The van der Waals surface area contributed by atoms with E-state index in [2.05, 4.69) is 41.4 Å². The monoisotopic (exact) mass is 676 g/mol. The topological polar surface area (TPSA) is 97.3 Å². The van der Waals surface area contributed by atoms with Crippen molar-refractivity contribution in [2.24, 2.45) is 5.92 Å². The molecule has 0 aromatic heterocycles. The van der Waals surface area contributed by atoms with E-state index < -0.39 is 11.9 Å². The molecule has 6 rings (SSSR count). The molecular weight excluding hydrogens is 628 g/mol. The molecule has 8 heteroatoms. The van der Waals surface area contributed by atoms with E-state index in [0.717, 1.165) is 52.8 Å². The maximum atomic E-state index is 13.2. The lowest BCUT2D eigenvalue weighted by Gasteiger charge is -2.43. The summed E-state index contributed by atoms with van der Waals surface area (Å²) in [5, 5.41) is 12.7. The van der Waals surface area contributed by atoms with Crippen molar-refractivity contribution in [1.82, 2.24) is 10.2 Å². The van der Waals surface area contributed by atoms with Gasteiger partial charge >= 0.3 is 5.97 Å². The molecule has 5 unspecified atom stereocenters. The zero-order valence-electron chi connectivity index (χ0n) is 29.4. The SMILES string of the molecule is CC1C(CN2CCCC2C(=O)OC(C)(C)C)OC(c2cccc(-c3cccc(CNC(=O)c4ccccc4)c3)c2)OC1c1ccc(CO)cc1. The van der Waals surface area contributed by atoms with Crippen LogP contribution in [0.25, 0.3) is 11.1 Å². The number of rotatable bonds is 10. The highest BCUT2D eigenvalue weighted by atomic mass is 16.7. The Kier molecular flexibility index (Phi) is 11.1. The number of ether oxygens (including phenoxy) is 3. The first-order valence-electron chi connectivity index (χ1n) is 17.6. The first kappa shape index (κ1) is 35.5. The van der Waals surface area contributed by atoms with Gasteiger partial charge in [0.1, 0.15) is 11.6 Å². The third-order valence-electron chi connectivity index (χ3n) is 9.49. The Morgan fingerprint density at radius 1 is 0.860 bits per heavy atom. The fourth-order valence-electron chi connectivity index (χ4n) is 6.84. The summed E-state index contributed by atoms with van der Waals surface area (Å²) in [4.78, 5) is 28.0. The van der Waals surface area contributed by atoms with Gasteiger partial charge in [0.2, 0.25) is 0 Å². The Hall–Kier alpha value is -4.34.